The van der Waals surface area contributed by atoms with Crippen molar-refractivity contribution in [3.8, 4) is 5.69 Å². The highest BCUT2D eigenvalue weighted by atomic mass is 19.4. The number of nitrogens with zero attached hydrogens (tertiary/aromatic N) is 7. The molecule has 3 fully saturated rings. The fourth-order valence-corrected chi connectivity index (χ4v) is 5.79. The summed E-state index contributed by atoms with van der Waals surface area (Å²) in [4.78, 5) is 27.0. The molecule has 1 amide bonds. The van der Waals surface area contributed by atoms with Gasteiger partial charge in [0, 0.05) is 32.2 Å². The van der Waals surface area contributed by atoms with Gasteiger partial charge in [-0.2, -0.15) is 28.2 Å². The molecule has 3 aliphatic rings. The third kappa shape index (κ3) is 5.52. The Kier molecular flexibility index (Phi) is 6.76. The molecule has 1 saturated carbocycles. The molecule has 2 N–H and O–H groups in total. The summed E-state index contributed by atoms with van der Waals surface area (Å²) in [5, 5.41) is 18.2. The first-order valence-corrected chi connectivity index (χ1v) is 13.3. The minimum atomic E-state index is -4.53. The maximum absolute atomic E-state index is 13.4. The number of benzene rings is 1. The summed E-state index contributed by atoms with van der Waals surface area (Å²) in [5.41, 5.74) is -1.11. The van der Waals surface area contributed by atoms with E-state index in [4.69, 9.17) is 4.98 Å². The number of hydrogen-bond donors (Lipinski definition) is 2. The van der Waals surface area contributed by atoms with Crippen LogP contribution in [0.15, 0.2) is 30.5 Å². The average Bonchev–Trinajstić information content (AvgIpc) is 3.26. The van der Waals surface area contributed by atoms with E-state index in [1.807, 2.05) is 4.90 Å². The standard InChI is InChI=1S/C26H29F5N8O2/c1-25(41)8-16(9-25)33-24-34-22(37-11-18(12-37)38-6-5-36(13-20(27)28)14-21(38)40)19-10-32-39(23(19)35-24)17-4-2-3-15(7-17)26(29,30)31/h2-4,7,10,16,18,20,41H,5-6,8-9,11-14H2,1H3,(H,33,34,35)/t16-,25+. The van der Waals surface area contributed by atoms with Crippen LogP contribution < -0.4 is 10.2 Å². The monoisotopic (exact) mass is 580 g/mol. The van der Waals surface area contributed by atoms with Crippen molar-refractivity contribution in [2.45, 2.75) is 50.1 Å². The van der Waals surface area contributed by atoms with E-state index in [0.717, 1.165) is 12.1 Å². The molecular formula is C26H29F5N8O2. The maximum Gasteiger partial charge on any atom is 0.416 e. The van der Waals surface area contributed by atoms with Crippen LogP contribution in [0.4, 0.5) is 33.7 Å². The SMILES string of the molecule is C[C@]1(O)C[C@@H](Nc2nc(N3CC(N4CCN(CC(F)F)CC4=O)C3)c3cnn(-c4cccc(C(F)(F)F)c4)c3n2)C1. The van der Waals surface area contributed by atoms with E-state index in [2.05, 4.69) is 15.4 Å². The molecule has 41 heavy (non-hydrogen) atoms. The molecule has 15 heteroatoms. The van der Waals surface area contributed by atoms with Gasteiger partial charge in [-0.15, -0.1) is 0 Å². The molecule has 2 aliphatic heterocycles. The van der Waals surface area contributed by atoms with E-state index in [1.54, 1.807) is 11.8 Å². The van der Waals surface area contributed by atoms with Crippen molar-refractivity contribution >= 4 is 28.7 Å². The van der Waals surface area contributed by atoms with Crippen LogP contribution in [0.5, 0.6) is 0 Å². The number of hydrogen-bond acceptors (Lipinski definition) is 8. The molecule has 10 nitrogen and oxygen atoms in total. The second-order valence-electron chi connectivity index (χ2n) is 11.2. The van der Waals surface area contributed by atoms with Crippen LogP contribution in [0.25, 0.3) is 16.7 Å². The molecule has 220 valence electrons. The summed E-state index contributed by atoms with van der Waals surface area (Å²) in [5.74, 6) is 0.565. The summed E-state index contributed by atoms with van der Waals surface area (Å²) in [6, 6.07) is 4.60. The van der Waals surface area contributed by atoms with Gasteiger partial charge in [-0.1, -0.05) is 6.07 Å². The number of alkyl halides is 5. The van der Waals surface area contributed by atoms with Crippen molar-refractivity contribution < 1.29 is 31.9 Å². The summed E-state index contributed by atoms with van der Waals surface area (Å²) in [6.45, 7) is 2.85. The van der Waals surface area contributed by atoms with Crippen LogP contribution in [0.2, 0.25) is 0 Å². The number of carbonyl (C=O) groups is 1. The van der Waals surface area contributed by atoms with Gasteiger partial charge in [0.2, 0.25) is 11.9 Å². The van der Waals surface area contributed by atoms with Gasteiger partial charge < -0.3 is 20.2 Å². The van der Waals surface area contributed by atoms with Crippen LogP contribution in [-0.4, -0.2) is 104 Å². The molecule has 0 unspecified atom stereocenters. The molecule has 3 aromatic rings. The number of amides is 1. The molecular weight excluding hydrogens is 551 g/mol. The number of rotatable bonds is 7. The second kappa shape index (κ2) is 10.0. The zero-order chi connectivity index (χ0) is 29.1. The lowest BCUT2D eigenvalue weighted by atomic mass is 9.77. The fraction of sp³-hybridized carbons (Fsp3) is 0.538. The smallest absolute Gasteiger partial charge is 0.390 e. The summed E-state index contributed by atoms with van der Waals surface area (Å²) in [7, 11) is 0. The Hall–Kier alpha value is -3.59. The first kappa shape index (κ1) is 27.6. The minimum absolute atomic E-state index is 0.0540. The highest BCUT2D eigenvalue weighted by Crippen LogP contribution is 2.36. The van der Waals surface area contributed by atoms with Gasteiger partial charge in [0.15, 0.2) is 5.65 Å². The summed E-state index contributed by atoms with van der Waals surface area (Å²) in [6.07, 6.45) is -4.55. The Bertz CT molecular complexity index is 1450. The van der Waals surface area contributed by atoms with Gasteiger partial charge in [-0.25, -0.2) is 13.5 Å². The number of aromatic nitrogens is 4. The van der Waals surface area contributed by atoms with E-state index >= 15 is 0 Å². The first-order valence-electron chi connectivity index (χ1n) is 13.3. The molecule has 0 radical (unpaired) electrons. The predicted octanol–water partition coefficient (Wildman–Crippen LogP) is 2.76. The Labute approximate surface area is 231 Å². The number of carbonyl (C=O) groups excluding carboxylic acids is 1. The third-order valence-electron chi connectivity index (χ3n) is 7.87. The van der Waals surface area contributed by atoms with Gasteiger partial charge in [-0.3, -0.25) is 9.69 Å². The molecule has 6 rings (SSSR count). The Morgan fingerprint density at radius 3 is 2.59 bits per heavy atom. The second-order valence-corrected chi connectivity index (χ2v) is 11.2. The predicted molar refractivity (Wildman–Crippen MR) is 139 cm³/mol. The normalized spacial score (nSPS) is 24.2. The van der Waals surface area contributed by atoms with E-state index < -0.39 is 30.3 Å². The van der Waals surface area contributed by atoms with Crippen LogP contribution in [0.1, 0.15) is 25.3 Å². The fourth-order valence-electron chi connectivity index (χ4n) is 5.79. The van der Waals surface area contributed by atoms with Crippen LogP contribution >= 0.6 is 0 Å². The lowest BCUT2D eigenvalue weighted by Gasteiger charge is -2.48. The lowest BCUT2D eigenvalue weighted by molar-refractivity contribution is -0.140. The van der Waals surface area contributed by atoms with E-state index in [1.165, 1.54) is 27.9 Å². The topological polar surface area (TPSA) is 103 Å². The minimum Gasteiger partial charge on any atom is -0.390 e. The average molecular weight is 581 g/mol. The van der Waals surface area contributed by atoms with Crippen molar-refractivity contribution in [2.24, 2.45) is 0 Å². The first-order chi connectivity index (χ1) is 19.4. The van der Waals surface area contributed by atoms with E-state index in [-0.39, 0.29) is 36.2 Å². The van der Waals surface area contributed by atoms with Crippen molar-refractivity contribution in [2.75, 3.05) is 49.5 Å². The highest BCUT2D eigenvalue weighted by molar-refractivity contribution is 5.90. The Balaban J connectivity index is 1.27. The Morgan fingerprint density at radius 1 is 1.17 bits per heavy atom. The molecule has 0 atom stereocenters. The highest BCUT2D eigenvalue weighted by Gasteiger charge is 2.41. The zero-order valence-electron chi connectivity index (χ0n) is 22.2. The van der Waals surface area contributed by atoms with Crippen LogP contribution in [0, 0.1) is 0 Å². The third-order valence-corrected chi connectivity index (χ3v) is 7.87. The van der Waals surface area contributed by atoms with E-state index in [0.29, 0.717) is 55.9 Å². The summed E-state index contributed by atoms with van der Waals surface area (Å²) >= 11 is 0. The largest absolute Gasteiger partial charge is 0.416 e. The van der Waals surface area contributed by atoms with Crippen molar-refractivity contribution in [3.05, 3.63) is 36.0 Å². The summed E-state index contributed by atoms with van der Waals surface area (Å²) < 4.78 is 67.0. The van der Waals surface area contributed by atoms with Gasteiger partial charge in [0.1, 0.15) is 5.82 Å². The maximum atomic E-state index is 13.4. The van der Waals surface area contributed by atoms with Crippen LogP contribution in [0.3, 0.4) is 0 Å². The molecule has 4 heterocycles. The van der Waals surface area contributed by atoms with Gasteiger partial charge >= 0.3 is 6.18 Å². The molecule has 0 bridgehead atoms. The van der Waals surface area contributed by atoms with Gasteiger partial charge in [0.05, 0.1) is 47.6 Å². The van der Waals surface area contributed by atoms with Crippen LogP contribution in [-0.2, 0) is 11.0 Å². The number of halogens is 5. The number of nitrogens with one attached hydrogen (secondary N) is 1. The number of piperazine rings is 1. The van der Waals surface area contributed by atoms with Crippen molar-refractivity contribution in [1.82, 2.24) is 29.5 Å². The van der Waals surface area contributed by atoms with Crippen molar-refractivity contribution in [3.63, 3.8) is 0 Å². The molecule has 1 aromatic carbocycles. The quantitative estimate of drug-likeness (QED) is 0.412. The Morgan fingerprint density at radius 2 is 1.93 bits per heavy atom. The zero-order valence-corrected chi connectivity index (χ0v) is 22.2. The van der Waals surface area contributed by atoms with Gasteiger partial charge in [-0.05, 0) is 38.0 Å². The van der Waals surface area contributed by atoms with E-state index in [9.17, 15) is 31.9 Å². The van der Waals surface area contributed by atoms with Gasteiger partial charge in [0.25, 0.3) is 6.43 Å². The van der Waals surface area contributed by atoms with Crippen molar-refractivity contribution in [1.29, 1.82) is 0 Å². The lowest BCUT2D eigenvalue weighted by Crippen LogP contribution is -2.65. The number of anilines is 2. The molecule has 0 spiro atoms. The number of aliphatic hydroxyl groups is 1. The molecule has 1 aliphatic carbocycles. The molecule has 2 aromatic heterocycles. The molecule has 2 saturated heterocycles. The number of fused-ring (bicyclic) bond motifs is 1.